The molecule has 0 radical (unpaired) electrons. The summed E-state index contributed by atoms with van der Waals surface area (Å²) in [6.07, 6.45) is 2.73. The molecule has 21 heavy (non-hydrogen) atoms. The predicted octanol–water partition coefficient (Wildman–Crippen LogP) is 3.00. The summed E-state index contributed by atoms with van der Waals surface area (Å²) in [6, 6.07) is 8.62. The number of rotatable bonds is 7. The minimum Gasteiger partial charge on any atom is -0.387 e. The maximum atomic E-state index is 9.92. The highest BCUT2D eigenvalue weighted by molar-refractivity contribution is 7.17. The van der Waals surface area contributed by atoms with Crippen molar-refractivity contribution in [3.05, 3.63) is 35.2 Å². The first kappa shape index (κ1) is 16.7. The maximum Gasteiger partial charge on any atom is 0.0895 e. The molecule has 1 aromatic heterocycles. The summed E-state index contributed by atoms with van der Waals surface area (Å²) < 4.78 is 7.08. The number of aliphatic hydroxyl groups is 1. The Labute approximate surface area is 135 Å². The van der Waals surface area contributed by atoms with Gasteiger partial charge in [-0.3, -0.25) is 0 Å². The molecule has 1 aliphatic heterocycles. The second-order valence-corrected chi connectivity index (χ2v) is 6.47. The van der Waals surface area contributed by atoms with Crippen LogP contribution in [0.1, 0.15) is 18.4 Å². The Kier molecular flexibility index (Phi) is 6.02. The summed E-state index contributed by atoms with van der Waals surface area (Å²) in [6.45, 7) is 2.96. The number of hydrogen-bond acceptors (Lipinski definition) is 4. The predicted molar refractivity (Wildman–Crippen MR) is 90.6 cm³/mol. The van der Waals surface area contributed by atoms with Crippen molar-refractivity contribution >= 4 is 33.8 Å². The molecule has 2 aromatic rings. The number of nitrogens with one attached hydrogen (secondary N) is 1. The molecule has 1 aromatic carbocycles. The second kappa shape index (κ2) is 7.56. The van der Waals surface area contributed by atoms with E-state index in [1.807, 2.05) is 0 Å². The van der Waals surface area contributed by atoms with E-state index < -0.39 is 5.60 Å². The van der Waals surface area contributed by atoms with E-state index in [9.17, 15) is 5.11 Å². The molecule has 2 N–H and O–H groups in total. The van der Waals surface area contributed by atoms with Gasteiger partial charge in [0, 0.05) is 24.4 Å². The third-order valence-electron chi connectivity index (χ3n) is 3.92. The molecular formula is C16H22ClNO2S. The molecule has 116 valence electrons. The fourth-order valence-corrected chi connectivity index (χ4v) is 3.57. The van der Waals surface area contributed by atoms with Gasteiger partial charge in [0.1, 0.15) is 0 Å². The van der Waals surface area contributed by atoms with Crippen molar-refractivity contribution in [2.75, 3.05) is 26.3 Å². The van der Waals surface area contributed by atoms with Crippen LogP contribution in [-0.4, -0.2) is 37.0 Å². The lowest BCUT2D eigenvalue weighted by molar-refractivity contribution is -0.0246. The number of benzene rings is 1. The maximum absolute atomic E-state index is 9.92. The lowest BCUT2D eigenvalue weighted by Gasteiger charge is -2.37. The van der Waals surface area contributed by atoms with Crippen molar-refractivity contribution in [2.24, 2.45) is 0 Å². The molecule has 1 saturated heterocycles. The summed E-state index contributed by atoms with van der Waals surface area (Å²) in [5.41, 5.74) is 0.908. The minimum absolute atomic E-state index is 0. The molecule has 0 spiro atoms. The fourth-order valence-electron chi connectivity index (χ4n) is 2.63. The van der Waals surface area contributed by atoms with Crippen LogP contribution < -0.4 is 5.32 Å². The van der Waals surface area contributed by atoms with Crippen LogP contribution in [0.5, 0.6) is 0 Å². The molecule has 0 saturated carbocycles. The second-order valence-electron chi connectivity index (χ2n) is 5.55. The van der Waals surface area contributed by atoms with Crippen LogP contribution in [0.25, 0.3) is 10.1 Å². The fraction of sp³-hybridized carbons (Fsp3) is 0.500. The van der Waals surface area contributed by atoms with Gasteiger partial charge in [0.25, 0.3) is 0 Å². The molecule has 5 heteroatoms. The van der Waals surface area contributed by atoms with Crippen LogP contribution in [0.15, 0.2) is 29.6 Å². The Morgan fingerprint density at radius 3 is 2.86 bits per heavy atom. The standard InChI is InChI=1S/C16H21NO2S.ClH/c18-16(11-17-12-16)7-2-8-19-9-5-13-3-1-4-14-6-10-20-15(13)14;/h1,3-4,6,10,17-18H,2,5,7-9,11-12H2;1H. The van der Waals surface area contributed by atoms with Gasteiger partial charge in [-0.2, -0.15) is 0 Å². The largest absolute Gasteiger partial charge is 0.387 e. The van der Waals surface area contributed by atoms with Gasteiger partial charge < -0.3 is 15.2 Å². The topological polar surface area (TPSA) is 41.5 Å². The zero-order valence-corrected chi connectivity index (χ0v) is 13.6. The smallest absolute Gasteiger partial charge is 0.0895 e. The number of β-amino-alcohol motifs (C(OH)–C–C–N with tert-alkyl or cyclic N) is 1. The first-order valence-corrected chi connectivity index (χ1v) is 8.11. The normalized spacial score (nSPS) is 16.4. The minimum atomic E-state index is -0.466. The zero-order chi connectivity index (χ0) is 13.8. The molecule has 0 unspecified atom stereocenters. The summed E-state index contributed by atoms with van der Waals surface area (Å²) in [7, 11) is 0. The van der Waals surface area contributed by atoms with Crippen LogP contribution in [0, 0.1) is 0 Å². The average Bonchev–Trinajstić information content (AvgIpc) is 2.89. The summed E-state index contributed by atoms with van der Waals surface area (Å²) >= 11 is 1.80. The van der Waals surface area contributed by atoms with Gasteiger partial charge in [-0.1, -0.05) is 18.2 Å². The Morgan fingerprint density at radius 1 is 1.24 bits per heavy atom. The van der Waals surface area contributed by atoms with E-state index in [0.717, 1.165) is 45.6 Å². The molecule has 0 amide bonds. The molecule has 1 fully saturated rings. The third kappa shape index (κ3) is 4.18. The number of fused-ring (bicyclic) bond motifs is 1. The van der Waals surface area contributed by atoms with Gasteiger partial charge in [0.15, 0.2) is 0 Å². The van der Waals surface area contributed by atoms with E-state index in [1.54, 1.807) is 11.3 Å². The molecule has 0 aliphatic carbocycles. The first-order valence-electron chi connectivity index (χ1n) is 7.23. The number of halogens is 1. The van der Waals surface area contributed by atoms with Crippen molar-refractivity contribution in [3.63, 3.8) is 0 Å². The highest BCUT2D eigenvalue weighted by Gasteiger charge is 2.33. The van der Waals surface area contributed by atoms with Crippen molar-refractivity contribution < 1.29 is 9.84 Å². The molecule has 0 bridgehead atoms. The third-order valence-corrected chi connectivity index (χ3v) is 4.92. The van der Waals surface area contributed by atoms with E-state index in [2.05, 4.69) is 35.0 Å². The average molecular weight is 328 g/mol. The van der Waals surface area contributed by atoms with Crippen molar-refractivity contribution in [1.29, 1.82) is 0 Å². The van der Waals surface area contributed by atoms with E-state index in [4.69, 9.17) is 4.74 Å². The lowest BCUT2D eigenvalue weighted by Crippen LogP contribution is -2.59. The van der Waals surface area contributed by atoms with Gasteiger partial charge in [0.05, 0.1) is 12.2 Å². The highest BCUT2D eigenvalue weighted by atomic mass is 35.5. The quantitative estimate of drug-likeness (QED) is 0.768. The Bertz CT molecular complexity index is 568. The Hall–Kier alpha value is -0.650. The van der Waals surface area contributed by atoms with Gasteiger partial charge in [0.2, 0.25) is 0 Å². The number of ether oxygens (including phenoxy) is 1. The van der Waals surface area contributed by atoms with Crippen LogP contribution in [0.2, 0.25) is 0 Å². The van der Waals surface area contributed by atoms with Gasteiger partial charge in [-0.25, -0.2) is 0 Å². The highest BCUT2D eigenvalue weighted by Crippen LogP contribution is 2.25. The monoisotopic (exact) mass is 327 g/mol. The molecule has 2 heterocycles. The summed E-state index contributed by atoms with van der Waals surface area (Å²) in [5, 5.41) is 16.5. The molecule has 3 nitrogen and oxygen atoms in total. The van der Waals surface area contributed by atoms with Crippen molar-refractivity contribution in [3.8, 4) is 0 Å². The van der Waals surface area contributed by atoms with Crippen LogP contribution in [-0.2, 0) is 11.2 Å². The summed E-state index contributed by atoms with van der Waals surface area (Å²) in [5.74, 6) is 0. The van der Waals surface area contributed by atoms with Gasteiger partial charge >= 0.3 is 0 Å². The number of thiophene rings is 1. The van der Waals surface area contributed by atoms with Crippen molar-refractivity contribution in [1.82, 2.24) is 5.32 Å². The molecule has 0 atom stereocenters. The van der Waals surface area contributed by atoms with E-state index in [0.29, 0.717) is 0 Å². The number of hydrogen-bond donors (Lipinski definition) is 2. The van der Waals surface area contributed by atoms with Gasteiger partial charge in [-0.05, 0) is 41.7 Å². The van der Waals surface area contributed by atoms with E-state index in [1.165, 1.54) is 15.6 Å². The summed E-state index contributed by atoms with van der Waals surface area (Å²) in [4.78, 5) is 0. The van der Waals surface area contributed by atoms with Crippen molar-refractivity contribution in [2.45, 2.75) is 24.9 Å². The van der Waals surface area contributed by atoms with Crippen LogP contribution in [0.4, 0.5) is 0 Å². The zero-order valence-electron chi connectivity index (χ0n) is 12.0. The molecule has 3 rings (SSSR count). The van der Waals surface area contributed by atoms with E-state index in [-0.39, 0.29) is 12.4 Å². The van der Waals surface area contributed by atoms with Crippen LogP contribution >= 0.6 is 23.7 Å². The lowest BCUT2D eigenvalue weighted by atomic mass is 9.92. The SMILES string of the molecule is Cl.OC1(CCCOCCc2cccc3ccsc23)CNC1. The van der Waals surface area contributed by atoms with Gasteiger partial charge in [-0.15, -0.1) is 23.7 Å². The Morgan fingerprint density at radius 2 is 2.10 bits per heavy atom. The Balaban J connectivity index is 0.00000161. The van der Waals surface area contributed by atoms with E-state index >= 15 is 0 Å². The van der Waals surface area contributed by atoms with Crippen LogP contribution in [0.3, 0.4) is 0 Å². The first-order chi connectivity index (χ1) is 9.77. The molecule has 1 aliphatic rings. The molecular weight excluding hydrogens is 306 g/mol.